The first-order valence-electron chi connectivity index (χ1n) is 10.2. The van der Waals surface area contributed by atoms with Gasteiger partial charge in [-0.25, -0.2) is 0 Å². The first-order valence-corrected chi connectivity index (χ1v) is 10.2. The summed E-state index contributed by atoms with van der Waals surface area (Å²) in [7, 11) is 0. The van der Waals surface area contributed by atoms with Crippen molar-refractivity contribution in [1.29, 1.82) is 0 Å². The molecule has 1 aromatic heterocycles. The van der Waals surface area contributed by atoms with Crippen molar-refractivity contribution in [2.45, 2.75) is 6.10 Å². The van der Waals surface area contributed by atoms with E-state index in [1.54, 1.807) is 72.9 Å². The lowest BCUT2D eigenvalue weighted by atomic mass is 10.1. The summed E-state index contributed by atoms with van der Waals surface area (Å²) in [6, 6.07) is 27.2. The van der Waals surface area contributed by atoms with Crippen LogP contribution in [0.5, 0.6) is 5.75 Å². The zero-order valence-corrected chi connectivity index (χ0v) is 17.5. The molecule has 0 radical (unpaired) electrons. The number of benzene rings is 3. The first-order chi connectivity index (χ1) is 16.0. The van der Waals surface area contributed by atoms with Crippen LogP contribution in [0.1, 0.15) is 22.0 Å². The summed E-state index contributed by atoms with van der Waals surface area (Å²) in [4.78, 5) is 36.7. The van der Waals surface area contributed by atoms with Crippen LogP contribution in [0.15, 0.2) is 108 Å². The van der Waals surface area contributed by atoms with Gasteiger partial charge in [-0.2, -0.15) is 0 Å². The summed E-state index contributed by atoms with van der Waals surface area (Å²) in [6.45, 7) is 0. The van der Waals surface area contributed by atoms with Crippen LogP contribution < -0.4 is 21.3 Å². The Morgan fingerprint density at radius 1 is 0.848 bits per heavy atom. The number of carbonyl (C=O) groups is 2. The first kappa shape index (κ1) is 21.6. The number of nitrogens with one attached hydrogen (secondary N) is 1. The molecule has 0 spiro atoms. The summed E-state index contributed by atoms with van der Waals surface area (Å²) < 4.78 is 7.48. The minimum atomic E-state index is -0.967. The number of hydrogen-bond donors (Lipinski definition) is 2. The molecule has 3 N–H and O–H groups in total. The number of amides is 2. The van der Waals surface area contributed by atoms with Crippen molar-refractivity contribution < 1.29 is 14.3 Å². The van der Waals surface area contributed by atoms with Crippen LogP contribution in [-0.2, 0) is 4.79 Å². The van der Waals surface area contributed by atoms with Gasteiger partial charge in [0.15, 0.2) is 0 Å². The van der Waals surface area contributed by atoms with Crippen LogP contribution in [-0.4, -0.2) is 16.4 Å². The van der Waals surface area contributed by atoms with Crippen molar-refractivity contribution in [2.75, 3.05) is 5.32 Å². The fourth-order valence-corrected chi connectivity index (χ4v) is 3.31. The lowest BCUT2D eigenvalue weighted by molar-refractivity contribution is -0.123. The SMILES string of the molecule is NC(=O)c1cccc(OC(C(=O)Nc2ccc(-n3ccccc3=O)cc2)c2ccccc2)c1. The van der Waals surface area contributed by atoms with Gasteiger partial charge in [0, 0.05) is 34.8 Å². The minimum absolute atomic E-state index is 0.148. The molecule has 0 saturated heterocycles. The van der Waals surface area contributed by atoms with E-state index in [1.165, 1.54) is 16.7 Å². The Balaban J connectivity index is 1.57. The van der Waals surface area contributed by atoms with Gasteiger partial charge in [0.1, 0.15) is 5.75 Å². The number of anilines is 1. The molecule has 3 aromatic carbocycles. The van der Waals surface area contributed by atoms with E-state index in [0.717, 1.165) is 0 Å². The third-order valence-corrected chi connectivity index (χ3v) is 4.95. The zero-order chi connectivity index (χ0) is 23.2. The normalized spacial score (nSPS) is 11.4. The molecule has 1 unspecified atom stereocenters. The van der Waals surface area contributed by atoms with Crippen LogP contribution in [0.25, 0.3) is 5.69 Å². The summed E-state index contributed by atoms with van der Waals surface area (Å²) >= 11 is 0. The number of ether oxygens (including phenoxy) is 1. The Morgan fingerprint density at radius 2 is 1.58 bits per heavy atom. The number of hydrogen-bond acceptors (Lipinski definition) is 4. The maximum Gasteiger partial charge on any atom is 0.270 e. The van der Waals surface area contributed by atoms with Crippen molar-refractivity contribution in [3.63, 3.8) is 0 Å². The molecule has 1 heterocycles. The summed E-state index contributed by atoms with van der Waals surface area (Å²) in [6.07, 6.45) is 0.709. The molecule has 2 amide bonds. The highest BCUT2D eigenvalue weighted by atomic mass is 16.5. The predicted octanol–water partition coefficient (Wildman–Crippen LogP) is 3.70. The molecular weight excluding hydrogens is 418 g/mol. The van der Waals surface area contributed by atoms with Crippen LogP contribution in [0, 0.1) is 0 Å². The van der Waals surface area contributed by atoms with Gasteiger partial charge in [0.25, 0.3) is 11.5 Å². The quantitative estimate of drug-likeness (QED) is 0.458. The van der Waals surface area contributed by atoms with Crippen molar-refractivity contribution in [3.05, 3.63) is 125 Å². The van der Waals surface area contributed by atoms with E-state index in [0.29, 0.717) is 22.7 Å². The van der Waals surface area contributed by atoms with Crippen LogP contribution >= 0.6 is 0 Å². The van der Waals surface area contributed by atoms with Crippen molar-refractivity contribution in [3.8, 4) is 11.4 Å². The molecule has 0 saturated carbocycles. The maximum absolute atomic E-state index is 13.2. The van der Waals surface area contributed by atoms with E-state index in [2.05, 4.69) is 5.32 Å². The number of aromatic nitrogens is 1. The summed E-state index contributed by atoms with van der Waals surface area (Å²) in [5.74, 6) is -0.636. The highest BCUT2D eigenvalue weighted by Gasteiger charge is 2.23. The highest BCUT2D eigenvalue weighted by Crippen LogP contribution is 2.25. The van der Waals surface area contributed by atoms with Gasteiger partial charge in [0.05, 0.1) is 0 Å². The van der Waals surface area contributed by atoms with Gasteiger partial charge in [0.2, 0.25) is 12.0 Å². The second-order valence-corrected chi connectivity index (χ2v) is 7.25. The molecule has 164 valence electrons. The lowest BCUT2D eigenvalue weighted by Crippen LogP contribution is -2.26. The van der Waals surface area contributed by atoms with E-state index in [9.17, 15) is 14.4 Å². The molecule has 0 aliphatic carbocycles. The zero-order valence-electron chi connectivity index (χ0n) is 17.5. The van der Waals surface area contributed by atoms with Gasteiger partial charge in [-0.15, -0.1) is 0 Å². The molecular formula is C26H21N3O4. The second kappa shape index (κ2) is 9.65. The van der Waals surface area contributed by atoms with E-state index in [4.69, 9.17) is 10.5 Å². The molecule has 0 fully saturated rings. The molecule has 0 bridgehead atoms. The van der Waals surface area contributed by atoms with Crippen LogP contribution in [0.4, 0.5) is 5.69 Å². The van der Waals surface area contributed by atoms with E-state index >= 15 is 0 Å². The topological polar surface area (TPSA) is 103 Å². The fourth-order valence-electron chi connectivity index (χ4n) is 3.31. The molecule has 0 aliphatic heterocycles. The second-order valence-electron chi connectivity index (χ2n) is 7.25. The number of nitrogens with zero attached hydrogens (tertiary/aromatic N) is 1. The van der Waals surface area contributed by atoms with Gasteiger partial charge >= 0.3 is 0 Å². The third-order valence-electron chi connectivity index (χ3n) is 4.95. The number of primary amides is 1. The summed E-state index contributed by atoms with van der Waals surface area (Å²) in [5, 5.41) is 2.85. The monoisotopic (exact) mass is 439 g/mol. The van der Waals surface area contributed by atoms with Gasteiger partial charge in [-0.1, -0.05) is 42.5 Å². The smallest absolute Gasteiger partial charge is 0.270 e. The fraction of sp³-hybridized carbons (Fsp3) is 0.0385. The van der Waals surface area contributed by atoms with Crippen molar-refractivity contribution >= 4 is 17.5 Å². The third kappa shape index (κ3) is 5.16. The van der Waals surface area contributed by atoms with Gasteiger partial charge < -0.3 is 15.8 Å². The highest BCUT2D eigenvalue weighted by molar-refractivity contribution is 5.95. The Bertz CT molecular complexity index is 1330. The number of rotatable bonds is 7. The maximum atomic E-state index is 13.2. The van der Waals surface area contributed by atoms with E-state index in [1.807, 2.05) is 18.2 Å². The molecule has 1 atom stereocenters. The van der Waals surface area contributed by atoms with E-state index in [-0.39, 0.29) is 11.1 Å². The predicted molar refractivity (Wildman–Crippen MR) is 125 cm³/mol. The van der Waals surface area contributed by atoms with Crippen molar-refractivity contribution in [1.82, 2.24) is 4.57 Å². The Morgan fingerprint density at radius 3 is 2.27 bits per heavy atom. The summed E-state index contributed by atoms with van der Waals surface area (Å²) in [5.41, 5.74) is 7.36. The average Bonchev–Trinajstić information content (AvgIpc) is 2.84. The molecule has 4 aromatic rings. The van der Waals surface area contributed by atoms with Crippen molar-refractivity contribution in [2.24, 2.45) is 5.73 Å². The van der Waals surface area contributed by atoms with Crippen LogP contribution in [0.3, 0.4) is 0 Å². The number of pyridine rings is 1. The molecule has 4 rings (SSSR count). The minimum Gasteiger partial charge on any atom is -0.476 e. The van der Waals surface area contributed by atoms with Gasteiger partial charge in [-0.3, -0.25) is 19.0 Å². The van der Waals surface area contributed by atoms with Gasteiger partial charge in [-0.05, 0) is 48.5 Å². The Hall–Kier alpha value is -4.65. The lowest BCUT2D eigenvalue weighted by Gasteiger charge is -2.19. The standard InChI is InChI=1S/C26H21N3O4/c27-25(31)19-9-6-10-22(17-19)33-24(18-7-2-1-3-8-18)26(32)28-20-12-14-21(15-13-20)29-16-5-4-11-23(29)30/h1-17,24H,(H2,27,31)(H,28,32). The largest absolute Gasteiger partial charge is 0.476 e. The molecule has 33 heavy (non-hydrogen) atoms. The number of nitrogens with two attached hydrogens (primary N) is 1. The molecule has 7 nitrogen and oxygen atoms in total. The average molecular weight is 439 g/mol. The molecule has 0 aliphatic rings. The Labute approximate surface area is 190 Å². The number of carbonyl (C=O) groups excluding carboxylic acids is 2. The molecule has 7 heteroatoms. The Kier molecular flexibility index (Phi) is 6.31. The van der Waals surface area contributed by atoms with Crippen LogP contribution in [0.2, 0.25) is 0 Å². The van der Waals surface area contributed by atoms with E-state index < -0.39 is 17.9 Å².